The molecule has 0 saturated carbocycles. The number of ether oxygens (including phenoxy) is 3. The molecule has 1 aliphatic heterocycles. The van der Waals surface area contributed by atoms with Crippen LogP contribution in [0.1, 0.15) is 0 Å². The Bertz CT molecular complexity index is 973. The Morgan fingerprint density at radius 1 is 0.867 bits per heavy atom. The molecule has 0 bridgehead atoms. The van der Waals surface area contributed by atoms with E-state index in [1.165, 1.54) is 4.31 Å². The number of nitrogens with zero attached hydrogens (tertiary/aromatic N) is 2. The lowest BCUT2D eigenvalue weighted by molar-refractivity contribution is -0.274. The van der Waals surface area contributed by atoms with E-state index in [1.807, 2.05) is 11.0 Å². The summed E-state index contributed by atoms with van der Waals surface area (Å²) in [5.74, 6) is 0.790. The minimum atomic E-state index is -4.83. The van der Waals surface area contributed by atoms with Crippen molar-refractivity contribution in [3.8, 4) is 17.2 Å². The van der Waals surface area contributed by atoms with Crippen LogP contribution in [0.3, 0.4) is 0 Å². The lowest BCUT2D eigenvalue weighted by Gasteiger charge is -2.36. The van der Waals surface area contributed by atoms with Crippen LogP contribution in [0.2, 0.25) is 0 Å². The van der Waals surface area contributed by atoms with Crippen LogP contribution < -0.4 is 19.1 Å². The summed E-state index contributed by atoms with van der Waals surface area (Å²) in [4.78, 5) is 1.91. The molecule has 2 aromatic carbocycles. The predicted octanol–water partition coefficient (Wildman–Crippen LogP) is 3.11. The van der Waals surface area contributed by atoms with E-state index in [2.05, 4.69) is 4.74 Å². The zero-order valence-corrected chi connectivity index (χ0v) is 17.2. The van der Waals surface area contributed by atoms with Crippen molar-refractivity contribution >= 4 is 15.7 Å². The maximum absolute atomic E-state index is 12.8. The summed E-state index contributed by atoms with van der Waals surface area (Å²) in [6.45, 7) is 1.30. The van der Waals surface area contributed by atoms with Gasteiger partial charge in [-0.3, -0.25) is 0 Å². The van der Waals surface area contributed by atoms with Crippen molar-refractivity contribution in [3.63, 3.8) is 0 Å². The summed E-state index contributed by atoms with van der Waals surface area (Å²) in [6.07, 6.45) is -4.83. The number of methoxy groups -OCH3 is 2. The molecule has 1 heterocycles. The lowest BCUT2D eigenvalue weighted by Crippen LogP contribution is -2.48. The van der Waals surface area contributed by atoms with Gasteiger partial charge in [-0.25, -0.2) is 8.42 Å². The first kappa shape index (κ1) is 22.0. The lowest BCUT2D eigenvalue weighted by atomic mass is 10.2. The van der Waals surface area contributed by atoms with Crippen molar-refractivity contribution in [1.29, 1.82) is 0 Å². The van der Waals surface area contributed by atoms with Crippen molar-refractivity contribution in [2.45, 2.75) is 11.3 Å². The van der Waals surface area contributed by atoms with Crippen molar-refractivity contribution in [3.05, 3.63) is 42.5 Å². The highest BCUT2D eigenvalue weighted by Gasteiger charge is 2.32. The number of piperazine rings is 1. The van der Waals surface area contributed by atoms with Crippen LogP contribution in [0.4, 0.5) is 18.9 Å². The van der Waals surface area contributed by atoms with Crippen LogP contribution >= 0.6 is 0 Å². The molecule has 11 heteroatoms. The second-order valence-electron chi connectivity index (χ2n) is 6.45. The zero-order valence-electron chi connectivity index (χ0n) is 16.3. The predicted molar refractivity (Wildman–Crippen MR) is 104 cm³/mol. The fraction of sp³-hybridized carbons (Fsp3) is 0.368. The van der Waals surface area contributed by atoms with E-state index in [9.17, 15) is 21.6 Å². The van der Waals surface area contributed by atoms with Gasteiger partial charge in [0.15, 0.2) is 0 Å². The number of halogens is 3. The number of rotatable bonds is 6. The van der Waals surface area contributed by atoms with Gasteiger partial charge in [0, 0.05) is 32.2 Å². The fourth-order valence-electron chi connectivity index (χ4n) is 3.18. The molecule has 1 fully saturated rings. The number of anilines is 1. The fourth-order valence-corrected chi connectivity index (χ4v) is 4.60. The highest BCUT2D eigenvalue weighted by atomic mass is 32.2. The quantitative estimate of drug-likeness (QED) is 0.679. The topological polar surface area (TPSA) is 68.3 Å². The first-order valence-corrected chi connectivity index (χ1v) is 10.4. The van der Waals surface area contributed by atoms with Crippen LogP contribution in [-0.2, 0) is 10.0 Å². The third-order valence-electron chi connectivity index (χ3n) is 4.66. The van der Waals surface area contributed by atoms with Gasteiger partial charge in [0.05, 0.1) is 24.8 Å². The normalized spacial score (nSPS) is 15.7. The van der Waals surface area contributed by atoms with E-state index < -0.39 is 22.1 Å². The largest absolute Gasteiger partial charge is 0.573 e. The molecule has 1 aliphatic rings. The average molecular weight is 446 g/mol. The van der Waals surface area contributed by atoms with Gasteiger partial charge in [-0.2, -0.15) is 4.31 Å². The molecule has 0 atom stereocenters. The average Bonchev–Trinajstić information content (AvgIpc) is 2.72. The Morgan fingerprint density at radius 2 is 1.47 bits per heavy atom. The summed E-state index contributed by atoms with van der Waals surface area (Å²) >= 11 is 0. The van der Waals surface area contributed by atoms with E-state index in [1.54, 1.807) is 26.4 Å². The number of hydrogen-bond donors (Lipinski definition) is 0. The molecular formula is C19H21F3N2O5S. The minimum absolute atomic E-state index is 0.0903. The number of benzene rings is 2. The monoisotopic (exact) mass is 446 g/mol. The molecule has 164 valence electrons. The smallest absolute Gasteiger partial charge is 0.497 e. The minimum Gasteiger partial charge on any atom is -0.497 e. The maximum Gasteiger partial charge on any atom is 0.573 e. The molecule has 0 N–H and O–H groups in total. The van der Waals surface area contributed by atoms with Crippen LogP contribution in [-0.4, -0.2) is 59.5 Å². The van der Waals surface area contributed by atoms with Crippen molar-refractivity contribution in [1.82, 2.24) is 4.31 Å². The Balaban J connectivity index is 1.70. The van der Waals surface area contributed by atoms with Gasteiger partial charge < -0.3 is 19.1 Å². The Labute approximate surface area is 172 Å². The van der Waals surface area contributed by atoms with Crippen LogP contribution in [0.25, 0.3) is 0 Å². The standard InChI is InChI=1S/C19H21F3N2O5S/c1-27-15-5-8-17(18(13-15)28-2)23-9-11-24(12-10-23)30(25,26)16-6-3-14(4-7-16)29-19(20,21)22/h3-8,13H,9-12H2,1-2H3. The second kappa shape index (κ2) is 8.60. The van der Waals surface area contributed by atoms with Gasteiger partial charge >= 0.3 is 6.36 Å². The number of sulfonamides is 1. The van der Waals surface area contributed by atoms with E-state index in [-0.39, 0.29) is 18.0 Å². The molecule has 3 rings (SSSR count). The first-order chi connectivity index (χ1) is 14.1. The summed E-state index contributed by atoms with van der Waals surface area (Å²) in [5, 5.41) is 0. The molecule has 1 saturated heterocycles. The second-order valence-corrected chi connectivity index (χ2v) is 8.39. The van der Waals surface area contributed by atoms with Gasteiger partial charge in [0.25, 0.3) is 0 Å². The van der Waals surface area contributed by atoms with E-state index >= 15 is 0 Å². The highest BCUT2D eigenvalue weighted by Crippen LogP contribution is 2.33. The molecule has 0 spiro atoms. The highest BCUT2D eigenvalue weighted by molar-refractivity contribution is 7.89. The van der Waals surface area contributed by atoms with Crippen molar-refractivity contribution in [2.75, 3.05) is 45.3 Å². The third kappa shape index (κ3) is 4.90. The molecule has 2 aromatic rings. The first-order valence-electron chi connectivity index (χ1n) is 8.97. The van der Waals surface area contributed by atoms with Crippen molar-refractivity contribution < 1.29 is 35.8 Å². The zero-order chi connectivity index (χ0) is 21.9. The molecule has 0 amide bonds. The van der Waals surface area contributed by atoms with Gasteiger partial charge in [0.2, 0.25) is 10.0 Å². The van der Waals surface area contributed by atoms with Gasteiger partial charge in [0.1, 0.15) is 17.2 Å². The Morgan fingerprint density at radius 3 is 2.00 bits per heavy atom. The van der Waals surface area contributed by atoms with E-state index in [4.69, 9.17) is 9.47 Å². The van der Waals surface area contributed by atoms with Gasteiger partial charge in [-0.05, 0) is 36.4 Å². The number of alkyl halides is 3. The van der Waals surface area contributed by atoms with Crippen LogP contribution in [0.5, 0.6) is 17.2 Å². The van der Waals surface area contributed by atoms with E-state index in [0.29, 0.717) is 24.6 Å². The third-order valence-corrected chi connectivity index (χ3v) is 6.57. The van der Waals surface area contributed by atoms with Crippen LogP contribution in [0, 0.1) is 0 Å². The van der Waals surface area contributed by atoms with Crippen LogP contribution in [0.15, 0.2) is 47.4 Å². The van der Waals surface area contributed by atoms with Gasteiger partial charge in [-0.15, -0.1) is 13.2 Å². The molecule has 0 aliphatic carbocycles. The molecule has 7 nitrogen and oxygen atoms in total. The Hall–Kier alpha value is -2.66. The number of hydrogen-bond acceptors (Lipinski definition) is 6. The molecule has 0 radical (unpaired) electrons. The summed E-state index contributed by atoms with van der Waals surface area (Å²) in [6, 6.07) is 9.58. The maximum atomic E-state index is 12.8. The molecular weight excluding hydrogens is 425 g/mol. The van der Waals surface area contributed by atoms with Crippen molar-refractivity contribution in [2.24, 2.45) is 0 Å². The Kier molecular flexibility index (Phi) is 6.32. The summed E-state index contributed by atoms with van der Waals surface area (Å²) in [7, 11) is -0.734. The SMILES string of the molecule is COc1ccc(N2CCN(S(=O)(=O)c3ccc(OC(F)(F)F)cc3)CC2)c(OC)c1. The molecule has 30 heavy (non-hydrogen) atoms. The molecule has 0 aromatic heterocycles. The van der Waals surface area contributed by atoms with E-state index in [0.717, 1.165) is 30.0 Å². The summed E-state index contributed by atoms with van der Waals surface area (Å²) < 4.78 is 78.2. The summed E-state index contributed by atoms with van der Waals surface area (Å²) in [5.41, 5.74) is 0.823. The van der Waals surface area contributed by atoms with Gasteiger partial charge in [-0.1, -0.05) is 0 Å². The molecule has 0 unspecified atom stereocenters.